The van der Waals surface area contributed by atoms with Crippen LogP contribution in [0.5, 0.6) is 0 Å². The molecule has 4 nitrogen and oxygen atoms in total. The Kier molecular flexibility index (Phi) is 6.70. The van der Waals surface area contributed by atoms with Crippen molar-refractivity contribution in [2.24, 2.45) is 0 Å². The first kappa shape index (κ1) is 16.0. The van der Waals surface area contributed by atoms with Crippen molar-refractivity contribution in [1.82, 2.24) is 10.2 Å². The van der Waals surface area contributed by atoms with Gasteiger partial charge >= 0.3 is 0 Å². The quantitative estimate of drug-likeness (QED) is 0.817. The average molecular weight is 290 g/mol. The molecule has 1 saturated heterocycles. The standard InChI is InChI=1S/C17H26N2O2/c1-19-12-7-3-6-10-16(19)17(20)18-11-13-21-14-15-8-4-2-5-9-15/h2,4-5,8-9,16H,3,6-7,10-14H2,1H3,(H,18,20)/t16-/m1/s1. The Morgan fingerprint density at radius 2 is 2.10 bits per heavy atom. The van der Waals surface area contributed by atoms with Crippen LogP contribution < -0.4 is 5.32 Å². The van der Waals surface area contributed by atoms with Crippen LogP contribution in [0.25, 0.3) is 0 Å². The van der Waals surface area contributed by atoms with Crippen molar-refractivity contribution < 1.29 is 9.53 Å². The predicted molar refractivity (Wildman–Crippen MR) is 84.0 cm³/mol. The molecular formula is C17H26N2O2. The van der Waals surface area contributed by atoms with Gasteiger partial charge in [-0.25, -0.2) is 0 Å². The highest BCUT2D eigenvalue weighted by molar-refractivity contribution is 5.81. The van der Waals surface area contributed by atoms with Gasteiger partial charge in [-0.05, 0) is 32.0 Å². The lowest BCUT2D eigenvalue weighted by Gasteiger charge is -2.24. The minimum Gasteiger partial charge on any atom is -0.375 e. The fraction of sp³-hybridized carbons (Fsp3) is 0.588. The molecule has 1 aromatic carbocycles. The lowest BCUT2D eigenvalue weighted by molar-refractivity contribution is -0.126. The number of ether oxygens (including phenoxy) is 1. The van der Waals surface area contributed by atoms with Crippen LogP contribution in [0.1, 0.15) is 31.2 Å². The number of amides is 1. The first-order valence-electron chi connectivity index (χ1n) is 7.87. The van der Waals surface area contributed by atoms with Crippen molar-refractivity contribution in [3.63, 3.8) is 0 Å². The monoisotopic (exact) mass is 290 g/mol. The van der Waals surface area contributed by atoms with Crippen LogP contribution in [0.15, 0.2) is 30.3 Å². The summed E-state index contributed by atoms with van der Waals surface area (Å²) in [5.41, 5.74) is 1.16. The third kappa shape index (κ3) is 5.48. The van der Waals surface area contributed by atoms with Crippen molar-refractivity contribution in [3.05, 3.63) is 35.9 Å². The number of hydrogen-bond acceptors (Lipinski definition) is 3. The van der Waals surface area contributed by atoms with Crippen molar-refractivity contribution in [2.45, 2.75) is 38.3 Å². The molecule has 0 bridgehead atoms. The van der Waals surface area contributed by atoms with Crippen molar-refractivity contribution in [2.75, 3.05) is 26.7 Å². The highest BCUT2D eigenvalue weighted by Crippen LogP contribution is 2.14. The summed E-state index contributed by atoms with van der Waals surface area (Å²) in [5, 5.41) is 2.99. The number of likely N-dealkylation sites (tertiary alicyclic amines) is 1. The molecule has 0 radical (unpaired) electrons. The molecule has 1 amide bonds. The molecule has 2 rings (SSSR count). The van der Waals surface area contributed by atoms with E-state index in [9.17, 15) is 4.79 Å². The largest absolute Gasteiger partial charge is 0.375 e. The van der Waals surface area contributed by atoms with Crippen molar-refractivity contribution in [3.8, 4) is 0 Å². The maximum atomic E-state index is 12.2. The van der Waals surface area contributed by atoms with Gasteiger partial charge in [0, 0.05) is 6.54 Å². The number of hydrogen-bond donors (Lipinski definition) is 1. The number of nitrogens with zero attached hydrogens (tertiary/aromatic N) is 1. The maximum Gasteiger partial charge on any atom is 0.237 e. The van der Waals surface area contributed by atoms with Crippen LogP contribution in [-0.2, 0) is 16.1 Å². The molecule has 1 fully saturated rings. The SMILES string of the molecule is CN1CCCCC[C@@H]1C(=O)NCCOCc1ccccc1. The lowest BCUT2D eigenvalue weighted by atomic mass is 10.1. The Labute approximate surface area is 127 Å². The summed E-state index contributed by atoms with van der Waals surface area (Å²) in [6, 6.07) is 10.1. The third-order valence-electron chi connectivity index (χ3n) is 3.98. The number of rotatable bonds is 6. The maximum absolute atomic E-state index is 12.2. The summed E-state index contributed by atoms with van der Waals surface area (Å²) in [5.74, 6) is 0.141. The topological polar surface area (TPSA) is 41.6 Å². The molecule has 1 aromatic rings. The van der Waals surface area contributed by atoms with Crippen LogP contribution >= 0.6 is 0 Å². The van der Waals surface area contributed by atoms with Crippen LogP contribution in [0.4, 0.5) is 0 Å². The van der Waals surface area contributed by atoms with Gasteiger partial charge in [-0.3, -0.25) is 9.69 Å². The number of likely N-dealkylation sites (N-methyl/N-ethyl adjacent to an activating group) is 1. The molecule has 0 unspecified atom stereocenters. The van der Waals surface area contributed by atoms with Crippen molar-refractivity contribution >= 4 is 5.91 Å². The Bertz CT molecular complexity index is 422. The average Bonchev–Trinajstić information content (AvgIpc) is 2.72. The van der Waals surface area contributed by atoms with E-state index in [4.69, 9.17) is 4.74 Å². The van der Waals surface area contributed by atoms with Crippen LogP contribution in [-0.4, -0.2) is 43.6 Å². The Morgan fingerprint density at radius 3 is 2.90 bits per heavy atom. The Balaban J connectivity index is 1.62. The van der Waals surface area contributed by atoms with E-state index in [1.807, 2.05) is 37.4 Å². The fourth-order valence-corrected chi connectivity index (χ4v) is 2.71. The number of nitrogens with one attached hydrogen (secondary N) is 1. The van der Waals surface area contributed by atoms with Gasteiger partial charge < -0.3 is 10.1 Å². The van der Waals surface area contributed by atoms with E-state index in [1.165, 1.54) is 12.8 Å². The summed E-state index contributed by atoms with van der Waals surface area (Å²) in [7, 11) is 2.04. The number of benzene rings is 1. The van der Waals surface area contributed by atoms with Crippen molar-refractivity contribution in [1.29, 1.82) is 0 Å². The van der Waals surface area contributed by atoms with Gasteiger partial charge in [0.25, 0.3) is 0 Å². The Morgan fingerprint density at radius 1 is 1.29 bits per heavy atom. The van der Waals surface area contributed by atoms with E-state index >= 15 is 0 Å². The van der Waals surface area contributed by atoms with Gasteiger partial charge in [-0.1, -0.05) is 43.2 Å². The molecule has 1 N–H and O–H groups in total. The van der Waals surface area contributed by atoms with Gasteiger partial charge in [0.05, 0.1) is 19.3 Å². The van der Waals surface area contributed by atoms with E-state index in [2.05, 4.69) is 10.2 Å². The van der Waals surface area contributed by atoms with Crippen LogP contribution in [0.2, 0.25) is 0 Å². The summed E-state index contributed by atoms with van der Waals surface area (Å²) in [6.45, 7) is 2.75. The minimum atomic E-state index is 0.0293. The van der Waals surface area contributed by atoms with Crippen LogP contribution in [0, 0.1) is 0 Å². The summed E-state index contributed by atoms with van der Waals surface area (Å²) in [4.78, 5) is 14.4. The smallest absolute Gasteiger partial charge is 0.237 e. The van der Waals surface area contributed by atoms with Gasteiger partial charge in [0.15, 0.2) is 0 Å². The summed E-state index contributed by atoms with van der Waals surface area (Å²) < 4.78 is 5.58. The summed E-state index contributed by atoms with van der Waals surface area (Å²) >= 11 is 0. The van der Waals surface area contributed by atoms with E-state index in [1.54, 1.807) is 0 Å². The fourth-order valence-electron chi connectivity index (χ4n) is 2.71. The second kappa shape index (κ2) is 8.80. The van der Waals surface area contributed by atoms with Gasteiger partial charge in [0.1, 0.15) is 0 Å². The first-order chi connectivity index (χ1) is 10.3. The lowest BCUT2D eigenvalue weighted by Crippen LogP contribution is -2.45. The number of carbonyl (C=O) groups excluding carboxylic acids is 1. The van der Waals surface area contributed by atoms with E-state index in [0.717, 1.165) is 24.9 Å². The second-order valence-corrected chi connectivity index (χ2v) is 5.67. The van der Waals surface area contributed by atoms with E-state index in [-0.39, 0.29) is 11.9 Å². The van der Waals surface area contributed by atoms with Crippen LogP contribution in [0.3, 0.4) is 0 Å². The molecule has 4 heteroatoms. The highest BCUT2D eigenvalue weighted by atomic mass is 16.5. The zero-order valence-electron chi connectivity index (χ0n) is 12.9. The van der Waals surface area contributed by atoms with Gasteiger partial charge in [0.2, 0.25) is 5.91 Å². The number of carbonyl (C=O) groups is 1. The highest BCUT2D eigenvalue weighted by Gasteiger charge is 2.23. The zero-order chi connectivity index (χ0) is 14.9. The molecule has 1 atom stereocenters. The molecular weight excluding hydrogens is 264 g/mol. The molecule has 0 spiro atoms. The second-order valence-electron chi connectivity index (χ2n) is 5.67. The van der Waals surface area contributed by atoms with E-state index < -0.39 is 0 Å². The minimum absolute atomic E-state index is 0.0293. The third-order valence-corrected chi connectivity index (χ3v) is 3.98. The van der Waals surface area contributed by atoms with Gasteiger partial charge in [-0.2, -0.15) is 0 Å². The molecule has 1 aliphatic heterocycles. The molecule has 0 saturated carbocycles. The van der Waals surface area contributed by atoms with Gasteiger partial charge in [-0.15, -0.1) is 0 Å². The molecule has 1 aliphatic rings. The molecule has 21 heavy (non-hydrogen) atoms. The molecule has 1 heterocycles. The molecule has 116 valence electrons. The summed E-state index contributed by atoms with van der Waals surface area (Å²) in [6.07, 6.45) is 4.54. The normalized spacial score (nSPS) is 20.0. The zero-order valence-corrected chi connectivity index (χ0v) is 12.9. The Hall–Kier alpha value is -1.39. The molecule has 0 aliphatic carbocycles. The first-order valence-corrected chi connectivity index (χ1v) is 7.87. The predicted octanol–water partition coefficient (Wildman–Crippen LogP) is 2.19. The van der Waals surface area contributed by atoms with E-state index in [0.29, 0.717) is 19.8 Å². The molecule has 0 aromatic heterocycles.